The molecular formula is C21H42N2. The van der Waals surface area contributed by atoms with E-state index in [1.165, 1.54) is 58.4 Å². The van der Waals surface area contributed by atoms with Gasteiger partial charge in [-0.3, -0.25) is 4.90 Å². The zero-order valence-corrected chi connectivity index (χ0v) is 17.0. The zero-order chi connectivity index (χ0) is 17.3. The van der Waals surface area contributed by atoms with Gasteiger partial charge in [0.15, 0.2) is 0 Å². The molecule has 0 aromatic rings. The summed E-state index contributed by atoms with van der Waals surface area (Å²) in [6.07, 6.45) is 5.63. The molecule has 2 aliphatic heterocycles. The average molecular weight is 323 g/mol. The van der Waals surface area contributed by atoms with Crippen molar-refractivity contribution in [2.45, 2.75) is 79.7 Å². The third kappa shape index (κ3) is 5.46. The third-order valence-corrected chi connectivity index (χ3v) is 6.78. The Labute approximate surface area is 146 Å². The van der Waals surface area contributed by atoms with Gasteiger partial charge in [0.05, 0.1) is 0 Å². The smallest absolute Gasteiger partial charge is 0.0125 e. The molecule has 2 heterocycles. The highest BCUT2D eigenvalue weighted by Crippen LogP contribution is 2.37. The minimum absolute atomic E-state index is 0.354. The molecule has 0 aliphatic carbocycles. The van der Waals surface area contributed by atoms with Gasteiger partial charge in [-0.2, -0.15) is 0 Å². The highest BCUT2D eigenvalue weighted by Gasteiger charge is 2.32. The second-order valence-corrected chi connectivity index (χ2v) is 10.4. The quantitative estimate of drug-likeness (QED) is 0.730. The number of hydrogen-bond acceptors (Lipinski definition) is 2. The van der Waals surface area contributed by atoms with Crippen LogP contribution in [-0.4, -0.2) is 48.1 Å². The standard InChI is InChI=1S/C21H42N2/c1-17(20(2,3)4)19-10-12-22(13-11-19)16-18-8-14-23(15-9-18)21(5,6)7/h17-19H,8-16H2,1-7H3. The Morgan fingerprint density at radius 2 is 1.35 bits per heavy atom. The van der Waals surface area contributed by atoms with Crippen LogP contribution >= 0.6 is 0 Å². The van der Waals surface area contributed by atoms with Crippen molar-refractivity contribution in [3.63, 3.8) is 0 Å². The van der Waals surface area contributed by atoms with Gasteiger partial charge < -0.3 is 4.90 Å². The lowest BCUT2D eigenvalue weighted by Crippen LogP contribution is -2.48. The predicted octanol–water partition coefficient (Wildman–Crippen LogP) is 4.89. The fourth-order valence-electron chi connectivity index (χ4n) is 4.49. The average Bonchev–Trinajstić information content (AvgIpc) is 2.46. The molecule has 0 radical (unpaired) electrons. The van der Waals surface area contributed by atoms with Crippen LogP contribution in [0.1, 0.15) is 74.1 Å². The van der Waals surface area contributed by atoms with Crippen LogP contribution in [0.15, 0.2) is 0 Å². The Balaban J connectivity index is 1.71. The van der Waals surface area contributed by atoms with Crippen molar-refractivity contribution in [2.75, 3.05) is 32.7 Å². The molecule has 1 atom stereocenters. The van der Waals surface area contributed by atoms with Crippen molar-refractivity contribution in [3.8, 4) is 0 Å². The van der Waals surface area contributed by atoms with Gasteiger partial charge in [-0.05, 0) is 95.8 Å². The van der Waals surface area contributed by atoms with E-state index in [9.17, 15) is 0 Å². The molecule has 136 valence electrons. The van der Waals surface area contributed by atoms with Crippen LogP contribution in [0.2, 0.25) is 0 Å². The van der Waals surface area contributed by atoms with Crippen molar-refractivity contribution in [3.05, 3.63) is 0 Å². The molecule has 2 heteroatoms. The van der Waals surface area contributed by atoms with Gasteiger partial charge in [0.2, 0.25) is 0 Å². The van der Waals surface area contributed by atoms with Crippen LogP contribution in [0.4, 0.5) is 0 Å². The summed E-state index contributed by atoms with van der Waals surface area (Å²) >= 11 is 0. The Morgan fingerprint density at radius 3 is 1.78 bits per heavy atom. The maximum Gasteiger partial charge on any atom is 0.0125 e. The Bertz CT molecular complexity index is 347. The molecule has 0 aromatic heterocycles. The largest absolute Gasteiger partial charge is 0.303 e. The van der Waals surface area contributed by atoms with Crippen molar-refractivity contribution in [1.29, 1.82) is 0 Å². The van der Waals surface area contributed by atoms with Crippen molar-refractivity contribution < 1.29 is 0 Å². The number of likely N-dealkylation sites (tertiary alicyclic amines) is 2. The first-order valence-electron chi connectivity index (χ1n) is 10.0. The summed E-state index contributed by atoms with van der Waals surface area (Å²) in [5.74, 6) is 2.72. The summed E-state index contributed by atoms with van der Waals surface area (Å²) < 4.78 is 0. The first-order chi connectivity index (χ1) is 10.6. The maximum atomic E-state index is 2.77. The molecule has 2 rings (SSSR count). The molecule has 2 nitrogen and oxygen atoms in total. The van der Waals surface area contributed by atoms with Gasteiger partial charge in [0, 0.05) is 12.1 Å². The summed E-state index contributed by atoms with van der Waals surface area (Å²) in [5.41, 5.74) is 0.818. The molecule has 0 spiro atoms. The van der Waals surface area contributed by atoms with E-state index in [1.54, 1.807) is 0 Å². The molecule has 2 fully saturated rings. The summed E-state index contributed by atoms with van der Waals surface area (Å²) in [6.45, 7) is 23.4. The topological polar surface area (TPSA) is 6.48 Å². The number of piperidine rings is 2. The minimum Gasteiger partial charge on any atom is -0.303 e. The van der Waals surface area contributed by atoms with Gasteiger partial charge >= 0.3 is 0 Å². The monoisotopic (exact) mass is 322 g/mol. The highest BCUT2D eigenvalue weighted by atomic mass is 15.2. The molecule has 2 saturated heterocycles. The molecule has 0 aromatic carbocycles. The fourth-order valence-corrected chi connectivity index (χ4v) is 4.49. The van der Waals surface area contributed by atoms with Crippen LogP contribution in [-0.2, 0) is 0 Å². The SMILES string of the molecule is CC(C1CCN(CC2CCN(C(C)(C)C)CC2)CC1)C(C)(C)C. The van der Waals surface area contributed by atoms with E-state index >= 15 is 0 Å². The van der Waals surface area contributed by atoms with Crippen LogP contribution in [0, 0.1) is 23.2 Å². The highest BCUT2D eigenvalue weighted by molar-refractivity contribution is 4.85. The number of rotatable bonds is 3. The van der Waals surface area contributed by atoms with Crippen LogP contribution in [0.5, 0.6) is 0 Å². The van der Waals surface area contributed by atoms with Crippen molar-refractivity contribution >= 4 is 0 Å². The third-order valence-electron chi connectivity index (χ3n) is 6.78. The molecule has 2 aliphatic rings. The van der Waals surface area contributed by atoms with Gasteiger partial charge in [-0.15, -0.1) is 0 Å². The van der Waals surface area contributed by atoms with Crippen molar-refractivity contribution in [1.82, 2.24) is 9.80 Å². The van der Waals surface area contributed by atoms with Gasteiger partial charge in [0.25, 0.3) is 0 Å². The van der Waals surface area contributed by atoms with Crippen LogP contribution < -0.4 is 0 Å². The molecule has 0 saturated carbocycles. The zero-order valence-electron chi connectivity index (χ0n) is 17.0. The van der Waals surface area contributed by atoms with E-state index in [2.05, 4.69) is 58.3 Å². The van der Waals surface area contributed by atoms with E-state index in [0.29, 0.717) is 11.0 Å². The minimum atomic E-state index is 0.354. The normalized spacial score (nSPS) is 25.7. The lowest BCUT2D eigenvalue weighted by molar-refractivity contribution is 0.0559. The second kappa shape index (κ2) is 7.44. The van der Waals surface area contributed by atoms with E-state index in [1.807, 2.05) is 0 Å². The Kier molecular flexibility index (Phi) is 6.22. The molecule has 0 bridgehead atoms. The second-order valence-electron chi connectivity index (χ2n) is 10.4. The summed E-state index contributed by atoms with van der Waals surface area (Å²) in [4.78, 5) is 5.43. The van der Waals surface area contributed by atoms with E-state index in [0.717, 1.165) is 17.8 Å². The molecule has 0 amide bonds. The van der Waals surface area contributed by atoms with E-state index < -0.39 is 0 Å². The summed E-state index contributed by atoms with van der Waals surface area (Å²) in [5, 5.41) is 0. The predicted molar refractivity (Wildman–Crippen MR) is 102 cm³/mol. The number of hydrogen-bond donors (Lipinski definition) is 0. The summed E-state index contributed by atoms with van der Waals surface area (Å²) in [6, 6.07) is 0. The number of nitrogens with zero attached hydrogens (tertiary/aromatic N) is 2. The van der Waals surface area contributed by atoms with E-state index in [4.69, 9.17) is 0 Å². The van der Waals surface area contributed by atoms with Crippen molar-refractivity contribution in [2.24, 2.45) is 23.2 Å². The maximum absolute atomic E-state index is 2.77. The lowest BCUT2D eigenvalue weighted by Gasteiger charge is -2.43. The molecular weight excluding hydrogens is 280 g/mol. The van der Waals surface area contributed by atoms with Gasteiger partial charge in [0.1, 0.15) is 0 Å². The molecule has 23 heavy (non-hydrogen) atoms. The van der Waals surface area contributed by atoms with Crippen LogP contribution in [0.25, 0.3) is 0 Å². The molecule has 0 N–H and O–H groups in total. The Morgan fingerprint density at radius 1 is 0.826 bits per heavy atom. The Hall–Kier alpha value is -0.0800. The molecule has 1 unspecified atom stereocenters. The first-order valence-corrected chi connectivity index (χ1v) is 10.0. The van der Waals surface area contributed by atoms with Gasteiger partial charge in [-0.25, -0.2) is 0 Å². The lowest BCUT2D eigenvalue weighted by atomic mass is 9.71. The fraction of sp³-hybridized carbons (Fsp3) is 1.00. The van der Waals surface area contributed by atoms with E-state index in [-0.39, 0.29) is 0 Å². The van der Waals surface area contributed by atoms with Gasteiger partial charge in [-0.1, -0.05) is 27.7 Å². The first kappa shape index (κ1) is 19.2. The van der Waals surface area contributed by atoms with Crippen LogP contribution in [0.3, 0.4) is 0 Å². The summed E-state index contributed by atoms with van der Waals surface area (Å²) in [7, 11) is 0.